The molecule has 2 nitrogen and oxygen atoms in total. The smallest absolute Gasteiger partial charge is 0.105 e. The highest BCUT2D eigenvalue weighted by molar-refractivity contribution is 6.07. The summed E-state index contributed by atoms with van der Waals surface area (Å²) in [6.45, 7) is 1.45. The SMILES string of the molecule is ClOC1CCOC1. The van der Waals surface area contributed by atoms with Crippen LogP contribution in [0.1, 0.15) is 6.42 Å². The normalized spacial score (nSPS) is 31.3. The molecule has 0 aromatic rings. The van der Waals surface area contributed by atoms with E-state index < -0.39 is 0 Å². The lowest BCUT2D eigenvalue weighted by Gasteiger charge is -1.96. The van der Waals surface area contributed by atoms with Crippen LogP contribution in [0.2, 0.25) is 0 Å². The van der Waals surface area contributed by atoms with Crippen LogP contribution >= 0.6 is 11.9 Å². The van der Waals surface area contributed by atoms with Gasteiger partial charge in [-0.15, -0.1) is 0 Å². The van der Waals surface area contributed by atoms with Gasteiger partial charge in [0.25, 0.3) is 0 Å². The third-order valence-corrected chi connectivity index (χ3v) is 1.27. The van der Waals surface area contributed by atoms with Crippen LogP contribution in [0, 0.1) is 0 Å². The molecule has 42 valence electrons. The van der Waals surface area contributed by atoms with Gasteiger partial charge in [-0.1, -0.05) is 0 Å². The van der Waals surface area contributed by atoms with Gasteiger partial charge in [0.2, 0.25) is 0 Å². The first-order valence-corrected chi connectivity index (χ1v) is 2.59. The van der Waals surface area contributed by atoms with E-state index in [-0.39, 0.29) is 6.10 Å². The van der Waals surface area contributed by atoms with E-state index in [9.17, 15) is 0 Å². The van der Waals surface area contributed by atoms with Crippen molar-refractivity contribution in [3.8, 4) is 0 Å². The van der Waals surface area contributed by atoms with E-state index in [1.165, 1.54) is 0 Å². The summed E-state index contributed by atoms with van der Waals surface area (Å²) in [5.74, 6) is 0. The van der Waals surface area contributed by atoms with Gasteiger partial charge in [0.1, 0.15) is 6.10 Å². The van der Waals surface area contributed by atoms with E-state index in [0.29, 0.717) is 6.61 Å². The number of ether oxygens (including phenoxy) is 1. The largest absolute Gasteiger partial charge is 0.379 e. The molecule has 1 fully saturated rings. The van der Waals surface area contributed by atoms with Crippen molar-refractivity contribution in [2.75, 3.05) is 13.2 Å². The first-order valence-electron chi connectivity index (χ1n) is 2.28. The second-order valence-electron chi connectivity index (χ2n) is 1.57. The lowest BCUT2D eigenvalue weighted by atomic mass is 10.3. The van der Waals surface area contributed by atoms with Gasteiger partial charge in [-0.05, 0) is 0 Å². The van der Waals surface area contributed by atoms with Crippen LogP contribution in [0.5, 0.6) is 0 Å². The molecule has 0 saturated carbocycles. The lowest BCUT2D eigenvalue weighted by Crippen LogP contribution is -2.04. The fraction of sp³-hybridized carbons (Fsp3) is 1.00. The summed E-state index contributed by atoms with van der Waals surface area (Å²) in [4.78, 5) is 0. The minimum atomic E-state index is 0.140. The Bertz CT molecular complexity index is 51.7. The zero-order valence-corrected chi connectivity index (χ0v) is 4.65. The Morgan fingerprint density at radius 2 is 2.57 bits per heavy atom. The molecule has 0 amide bonds. The van der Waals surface area contributed by atoms with Gasteiger partial charge in [-0.25, -0.2) is 0 Å². The number of rotatable bonds is 1. The van der Waals surface area contributed by atoms with E-state index in [4.69, 9.17) is 16.6 Å². The quantitative estimate of drug-likeness (QED) is 0.516. The molecular formula is C4H7ClO2. The molecule has 0 aromatic carbocycles. The van der Waals surface area contributed by atoms with E-state index in [1.807, 2.05) is 0 Å². The zero-order valence-electron chi connectivity index (χ0n) is 3.89. The third kappa shape index (κ3) is 1.30. The highest BCUT2D eigenvalue weighted by Gasteiger charge is 2.14. The maximum Gasteiger partial charge on any atom is 0.105 e. The highest BCUT2D eigenvalue weighted by atomic mass is 35.5. The summed E-state index contributed by atoms with van der Waals surface area (Å²) < 4.78 is 9.40. The summed E-state index contributed by atoms with van der Waals surface area (Å²) in [7, 11) is 0. The van der Waals surface area contributed by atoms with E-state index in [2.05, 4.69) is 4.29 Å². The summed E-state index contributed by atoms with van der Waals surface area (Å²) in [6.07, 6.45) is 1.07. The van der Waals surface area contributed by atoms with Crippen molar-refractivity contribution in [3.63, 3.8) is 0 Å². The highest BCUT2D eigenvalue weighted by Crippen LogP contribution is 2.08. The predicted octanol–water partition coefficient (Wildman–Crippen LogP) is 0.946. The predicted molar refractivity (Wildman–Crippen MR) is 26.2 cm³/mol. The van der Waals surface area contributed by atoms with E-state index >= 15 is 0 Å². The molecule has 0 spiro atoms. The van der Waals surface area contributed by atoms with E-state index in [0.717, 1.165) is 13.0 Å². The van der Waals surface area contributed by atoms with Crippen LogP contribution in [0.4, 0.5) is 0 Å². The van der Waals surface area contributed by atoms with Gasteiger partial charge in [-0.2, -0.15) is 0 Å². The lowest BCUT2D eigenvalue weighted by molar-refractivity contribution is 0.149. The summed E-state index contributed by atoms with van der Waals surface area (Å²) in [6, 6.07) is 0. The van der Waals surface area contributed by atoms with Crippen LogP contribution in [-0.2, 0) is 9.03 Å². The monoisotopic (exact) mass is 122 g/mol. The molecule has 1 rings (SSSR count). The Balaban J connectivity index is 2.14. The molecule has 7 heavy (non-hydrogen) atoms. The molecule has 1 unspecified atom stereocenters. The Labute approximate surface area is 47.5 Å². The van der Waals surface area contributed by atoms with Gasteiger partial charge >= 0.3 is 0 Å². The van der Waals surface area contributed by atoms with Gasteiger partial charge in [0.15, 0.2) is 0 Å². The van der Waals surface area contributed by atoms with Crippen molar-refractivity contribution in [3.05, 3.63) is 0 Å². The molecule has 1 saturated heterocycles. The van der Waals surface area contributed by atoms with Gasteiger partial charge in [0.05, 0.1) is 18.5 Å². The maximum absolute atomic E-state index is 5.03. The number of hydrogen-bond acceptors (Lipinski definition) is 2. The fourth-order valence-corrected chi connectivity index (χ4v) is 0.724. The summed E-state index contributed by atoms with van der Waals surface area (Å²) >= 11 is 5.03. The first kappa shape index (κ1) is 5.35. The molecule has 1 heterocycles. The van der Waals surface area contributed by atoms with Crippen LogP contribution < -0.4 is 0 Å². The molecule has 1 aliphatic rings. The Morgan fingerprint density at radius 1 is 1.71 bits per heavy atom. The minimum Gasteiger partial charge on any atom is -0.379 e. The third-order valence-electron chi connectivity index (χ3n) is 1.01. The van der Waals surface area contributed by atoms with Crippen molar-refractivity contribution in [2.45, 2.75) is 12.5 Å². The summed E-state index contributed by atoms with van der Waals surface area (Å²) in [5.41, 5.74) is 0. The van der Waals surface area contributed by atoms with Crippen molar-refractivity contribution in [1.82, 2.24) is 0 Å². The molecular weight excluding hydrogens is 115 g/mol. The standard InChI is InChI=1S/C4H7ClO2/c5-7-4-1-2-6-3-4/h4H,1-3H2. The maximum atomic E-state index is 5.03. The molecule has 0 aromatic heterocycles. The molecule has 1 aliphatic heterocycles. The fourth-order valence-electron chi connectivity index (χ4n) is 0.583. The Morgan fingerprint density at radius 3 is 2.86 bits per heavy atom. The van der Waals surface area contributed by atoms with Crippen LogP contribution in [-0.4, -0.2) is 19.3 Å². The Hall–Kier alpha value is 0.210. The van der Waals surface area contributed by atoms with Crippen molar-refractivity contribution < 1.29 is 9.03 Å². The molecule has 0 aliphatic carbocycles. The molecule has 1 atom stereocenters. The second kappa shape index (κ2) is 2.50. The van der Waals surface area contributed by atoms with Crippen molar-refractivity contribution in [1.29, 1.82) is 0 Å². The molecule has 0 radical (unpaired) electrons. The average Bonchev–Trinajstić information content (AvgIpc) is 2.14. The van der Waals surface area contributed by atoms with Gasteiger partial charge in [0, 0.05) is 13.0 Å². The van der Waals surface area contributed by atoms with Crippen LogP contribution in [0.25, 0.3) is 0 Å². The zero-order chi connectivity index (χ0) is 5.11. The second-order valence-corrected chi connectivity index (χ2v) is 1.75. The van der Waals surface area contributed by atoms with Crippen molar-refractivity contribution >= 4 is 11.9 Å². The number of hydrogen-bond donors (Lipinski definition) is 0. The minimum absolute atomic E-state index is 0.140. The van der Waals surface area contributed by atoms with Gasteiger partial charge < -0.3 is 4.74 Å². The molecule has 0 N–H and O–H groups in total. The van der Waals surface area contributed by atoms with Crippen molar-refractivity contribution in [2.24, 2.45) is 0 Å². The van der Waals surface area contributed by atoms with Crippen LogP contribution in [0.15, 0.2) is 0 Å². The Kier molecular flexibility index (Phi) is 1.91. The summed E-state index contributed by atoms with van der Waals surface area (Å²) in [5, 5.41) is 0. The number of halogens is 1. The van der Waals surface area contributed by atoms with Crippen LogP contribution in [0.3, 0.4) is 0 Å². The van der Waals surface area contributed by atoms with Gasteiger partial charge in [-0.3, -0.25) is 4.29 Å². The molecule has 3 heteroatoms. The average molecular weight is 123 g/mol. The van der Waals surface area contributed by atoms with E-state index in [1.54, 1.807) is 0 Å². The first-order chi connectivity index (χ1) is 3.43. The molecule has 0 bridgehead atoms. The topological polar surface area (TPSA) is 18.5 Å².